The molecule has 1 aromatic carbocycles. The van der Waals surface area contributed by atoms with Gasteiger partial charge >= 0.3 is 0 Å². The van der Waals surface area contributed by atoms with Crippen molar-refractivity contribution in [2.45, 2.75) is 13.3 Å². The van der Waals surface area contributed by atoms with Crippen molar-refractivity contribution in [1.82, 2.24) is 9.97 Å². The second kappa shape index (κ2) is 4.79. The highest BCUT2D eigenvalue weighted by Gasteiger charge is 2.09. The van der Waals surface area contributed by atoms with Crippen LogP contribution in [-0.2, 0) is 6.42 Å². The summed E-state index contributed by atoms with van der Waals surface area (Å²) in [5.41, 5.74) is 6.79. The van der Waals surface area contributed by atoms with Crippen LogP contribution in [0, 0.1) is 12.7 Å². The molecule has 0 fully saturated rings. The van der Waals surface area contributed by atoms with Crippen LogP contribution in [0.15, 0.2) is 28.7 Å². The normalized spacial score (nSPS) is 10.5. The number of rotatable bonds is 2. The van der Waals surface area contributed by atoms with Crippen molar-refractivity contribution >= 4 is 21.7 Å². The summed E-state index contributed by atoms with van der Waals surface area (Å²) in [5.74, 6) is -0.117. The number of halogens is 2. The molecule has 0 spiro atoms. The summed E-state index contributed by atoms with van der Waals surface area (Å²) in [5, 5.41) is 0. The Morgan fingerprint density at radius 1 is 1.29 bits per heavy atom. The number of nitrogens with zero attached hydrogens (tertiary/aromatic N) is 2. The number of anilines is 1. The van der Waals surface area contributed by atoms with Gasteiger partial charge in [0.05, 0.1) is 5.69 Å². The summed E-state index contributed by atoms with van der Waals surface area (Å²) in [4.78, 5) is 8.02. The minimum atomic E-state index is -0.541. The van der Waals surface area contributed by atoms with Crippen LogP contribution in [0.1, 0.15) is 17.1 Å². The van der Waals surface area contributed by atoms with E-state index in [1.165, 1.54) is 0 Å². The third-order valence-corrected chi connectivity index (χ3v) is 3.17. The smallest absolute Gasteiger partial charge is 0.186 e. The fourth-order valence-corrected chi connectivity index (χ4v) is 1.96. The minimum Gasteiger partial charge on any atom is -0.381 e. The zero-order valence-electron chi connectivity index (χ0n) is 9.24. The number of nitrogen functional groups attached to an aromatic ring is 1. The number of aryl methyl sites for hydroxylation is 1. The molecule has 0 atom stereocenters. The first kappa shape index (κ1) is 12.0. The molecule has 0 unspecified atom stereocenters. The van der Waals surface area contributed by atoms with Gasteiger partial charge in [-0.3, -0.25) is 0 Å². The molecule has 3 nitrogen and oxygen atoms in total. The molecule has 0 amide bonds. The molecule has 0 bridgehead atoms. The maximum absolute atomic E-state index is 13.3. The van der Waals surface area contributed by atoms with E-state index in [0.717, 1.165) is 10.0 Å². The fourth-order valence-electron chi connectivity index (χ4n) is 1.53. The van der Waals surface area contributed by atoms with Gasteiger partial charge in [-0.2, -0.15) is 0 Å². The number of benzene rings is 1. The Bertz CT molecular complexity index is 534. The standard InChI is InChI=1S/C12H11BrFN3/c1-7-11(14)12(15)17-10(16-7)6-8-4-2-3-5-9(8)13/h2-5H,6H2,1H3,(H2,15,16,17). The first-order valence-corrected chi connectivity index (χ1v) is 5.89. The fraction of sp³-hybridized carbons (Fsp3) is 0.167. The Hall–Kier alpha value is -1.49. The molecule has 88 valence electrons. The van der Waals surface area contributed by atoms with Crippen LogP contribution in [-0.4, -0.2) is 9.97 Å². The minimum absolute atomic E-state index is 0.0976. The van der Waals surface area contributed by atoms with Crippen LogP contribution in [0.25, 0.3) is 0 Å². The van der Waals surface area contributed by atoms with Crippen LogP contribution in [0.5, 0.6) is 0 Å². The van der Waals surface area contributed by atoms with E-state index < -0.39 is 5.82 Å². The first-order chi connectivity index (χ1) is 8.08. The van der Waals surface area contributed by atoms with Gasteiger partial charge in [0.15, 0.2) is 11.6 Å². The Morgan fingerprint density at radius 2 is 2.00 bits per heavy atom. The molecule has 1 heterocycles. The van der Waals surface area contributed by atoms with Crippen molar-refractivity contribution in [2.75, 3.05) is 5.73 Å². The summed E-state index contributed by atoms with van der Waals surface area (Å²) in [7, 11) is 0. The maximum Gasteiger partial charge on any atom is 0.186 e. The average molecular weight is 296 g/mol. The van der Waals surface area contributed by atoms with Crippen molar-refractivity contribution in [1.29, 1.82) is 0 Å². The van der Waals surface area contributed by atoms with Crippen molar-refractivity contribution in [3.05, 3.63) is 51.6 Å². The Morgan fingerprint density at radius 3 is 2.65 bits per heavy atom. The SMILES string of the molecule is Cc1nc(Cc2ccccc2Br)nc(N)c1F. The number of hydrogen-bond acceptors (Lipinski definition) is 3. The molecule has 0 aliphatic carbocycles. The van der Waals surface area contributed by atoms with Gasteiger partial charge in [-0.1, -0.05) is 34.1 Å². The lowest BCUT2D eigenvalue weighted by Crippen LogP contribution is -2.06. The molecule has 0 radical (unpaired) electrons. The lowest BCUT2D eigenvalue weighted by Gasteiger charge is -2.06. The molecular weight excluding hydrogens is 285 g/mol. The quantitative estimate of drug-likeness (QED) is 0.927. The molecule has 2 aromatic rings. The van der Waals surface area contributed by atoms with Crippen LogP contribution < -0.4 is 5.73 Å². The van der Waals surface area contributed by atoms with Crippen molar-refractivity contribution < 1.29 is 4.39 Å². The number of hydrogen-bond donors (Lipinski definition) is 1. The summed E-state index contributed by atoms with van der Waals surface area (Å²) in [6, 6.07) is 7.76. The van der Waals surface area contributed by atoms with Crippen LogP contribution in [0.3, 0.4) is 0 Å². The second-order valence-corrected chi connectivity index (χ2v) is 4.55. The van der Waals surface area contributed by atoms with Gasteiger partial charge in [0.2, 0.25) is 0 Å². The molecule has 0 aliphatic rings. The first-order valence-electron chi connectivity index (χ1n) is 5.10. The largest absolute Gasteiger partial charge is 0.381 e. The summed E-state index contributed by atoms with van der Waals surface area (Å²) in [6.07, 6.45) is 0.521. The van der Waals surface area contributed by atoms with E-state index >= 15 is 0 Å². The molecule has 2 rings (SSSR count). The lowest BCUT2D eigenvalue weighted by molar-refractivity contribution is 0.603. The molecule has 1 aromatic heterocycles. The predicted molar refractivity (Wildman–Crippen MR) is 68.1 cm³/mol. The summed E-state index contributed by atoms with van der Waals surface area (Å²) >= 11 is 3.44. The molecule has 0 saturated heterocycles. The Labute approximate surface area is 107 Å². The third kappa shape index (κ3) is 2.61. The molecule has 0 saturated carbocycles. The van der Waals surface area contributed by atoms with E-state index in [9.17, 15) is 4.39 Å². The monoisotopic (exact) mass is 295 g/mol. The van der Waals surface area contributed by atoms with Gasteiger partial charge in [-0.15, -0.1) is 0 Å². The van der Waals surface area contributed by atoms with Gasteiger partial charge in [0, 0.05) is 10.9 Å². The van der Waals surface area contributed by atoms with Crippen LogP contribution in [0.4, 0.5) is 10.2 Å². The Kier molecular flexibility index (Phi) is 3.38. The van der Waals surface area contributed by atoms with Crippen LogP contribution >= 0.6 is 15.9 Å². The highest BCUT2D eigenvalue weighted by atomic mass is 79.9. The molecule has 5 heteroatoms. The molecule has 0 aliphatic heterocycles. The highest BCUT2D eigenvalue weighted by molar-refractivity contribution is 9.10. The number of aromatic nitrogens is 2. The zero-order valence-corrected chi connectivity index (χ0v) is 10.8. The third-order valence-electron chi connectivity index (χ3n) is 2.40. The maximum atomic E-state index is 13.3. The Balaban J connectivity index is 2.34. The van der Waals surface area contributed by atoms with Gasteiger partial charge in [-0.05, 0) is 18.6 Å². The molecule has 17 heavy (non-hydrogen) atoms. The predicted octanol–water partition coefficient (Wildman–Crippen LogP) is 2.86. The second-order valence-electron chi connectivity index (χ2n) is 3.69. The average Bonchev–Trinajstić information content (AvgIpc) is 2.29. The van der Waals surface area contributed by atoms with Crippen molar-refractivity contribution in [3.8, 4) is 0 Å². The van der Waals surface area contributed by atoms with Crippen molar-refractivity contribution in [2.24, 2.45) is 0 Å². The molecule has 2 N–H and O–H groups in total. The summed E-state index contributed by atoms with van der Waals surface area (Å²) in [6.45, 7) is 1.58. The highest BCUT2D eigenvalue weighted by Crippen LogP contribution is 2.19. The lowest BCUT2D eigenvalue weighted by atomic mass is 10.1. The van der Waals surface area contributed by atoms with Crippen molar-refractivity contribution in [3.63, 3.8) is 0 Å². The topological polar surface area (TPSA) is 51.8 Å². The number of nitrogens with two attached hydrogens (primary N) is 1. The zero-order chi connectivity index (χ0) is 12.4. The van der Waals surface area contributed by atoms with E-state index in [4.69, 9.17) is 5.73 Å². The van der Waals surface area contributed by atoms with E-state index in [-0.39, 0.29) is 11.5 Å². The van der Waals surface area contributed by atoms with E-state index in [1.54, 1.807) is 6.92 Å². The van der Waals surface area contributed by atoms with Gasteiger partial charge in [0.1, 0.15) is 5.82 Å². The summed E-state index contributed by atoms with van der Waals surface area (Å²) < 4.78 is 14.2. The van der Waals surface area contributed by atoms with Gasteiger partial charge in [0.25, 0.3) is 0 Å². The molecular formula is C12H11BrFN3. The van der Waals surface area contributed by atoms with Gasteiger partial charge < -0.3 is 5.73 Å². The van der Waals surface area contributed by atoms with E-state index in [2.05, 4.69) is 25.9 Å². The van der Waals surface area contributed by atoms with E-state index in [0.29, 0.717) is 12.2 Å². The van der Waals surface area contributed by atoms with Gasteiger partial charge in [-0.25, -0.2) is 14.4 Å². The van der Waals surface area contributed by atoms with E-state index in [1.807, 2.05) is 24.3 Å². The van der Waals surface area contributed by atoms with Crippen LogP contribution in [0.2, 0.25) is 0 Å².